The van der Waals surface area contributed by atoms with E-state index in [9.17, 15) is 14.7 Å². The summed E-state index contributed by atoms with van der Waals surface area (Å²) in [7, 11) is 0. The number of nitrogens with one attached hydrogen (secondary N) is 1. The average molecular weight is 213 g/mol. The number of carbonyl (C=O) groups excluding carboxylic acids is 2. The summed E-state index contributed by atoms with van der Waals surface area (Å²) in [4.78, 5) is 22.4. The van der Waals surface area contributed by atoms with Gasteiger partial charge >= 0.3 is 5.97 Å². The van der Waals surface area contributed by atoms with Crippen molar-refractivity contribution in [1.82, 2.24) is 5.32 Å². The predicted molar refractivity (Wildman–Crippen MR) is 52.9 cm³/mol. The summed E-state index contributed by atoms with van der Waals surface area (Å²) in [6.07, 6.45) is 3.07. The summed E-state index contributed by atoms with van der Waals surface area (Å²) in [6.45, 7) is 2.13. The summed E-state index contributed by atoms with van der Waals surface area (Å²) in [5.41, 5.74) is 0. The quantitative estimate of drug-likeness (QED) is 0.498. The molecule has 0 radical (unpaired) electrons. The molecule has 5 nitrogen and oxygen atoms in total. The molecule has 1 aliphatic rings. The molecule has 0 spiro atoms. The number of hydrogen-bond acceptors (Lipinski definition) is 4. The lowest BCUT2D eigenvalue weighted by Gasteiger charge is -2.12. The van der Waals surface area contributed by atoms with Crippen LogP contribution in [0.5, 0.6) is 0 Å². The Kier molecular flexibility index (Phi) is 4.30. The van der Waals surface area contributed by atoms with Crippen molar-refractivity contribution in [2.24, 2.45) is 0 Å². The molecule has 2 N–H and O–H groups in total. The Labute approximate surface area is 88.1 Å². The third-order valence-corrected chi connectivity index (χ3v) is 2.15. The number of aliphatic hydroxyl groups excluding tert-OH is 1. The van der Waals surface area contributed by atoms with Crippen LogP contribution in [0.15, 0.2) is 12.2 Å². The standard InChI is InChI=1S/C10H15NO4/c1-2-3-4-8(12)9(13)11-7-5-6-15-10(7)14/h2-3,7-8,12H,4-6H2,1H3,(H,11,13)/b3-2+/t7-,8?/m0/s1. The van der Waals surface area contributed by atoms with E-state index >= 15 is 0 Å². The lowest BCUT2D eigenvalue weighted by atomic mass is 10.2. The molecule has 0 bridgehead atoms. The van der Waals surface area contributed by atoms with Gasteiger partial charge in [-0.2, -0.15) is 0 Å². The van der Waals surface area contributed by atoms with Crippen LogP contribution in [0, 0.1) is 0 Å². The molecule has 1 fully saturated rings. The Morgan fingerprint density at radius 3 is 3.07 bits per heavy atom. The van der Waals surface area contributed by atoms with Gasteiger partial charge in [-0.3, -0.25) is 4.79 Å². The maximum Gasteiger partial charge on any atom is 0.328 e. The summed E-state index contributed by atoms with van der Waals surface area (Å²) in [5, 5.41) is 11.8. The molecule has 2 atom stereocenters. The van der Waals surface area contributed by atoms with E-state index in [0.29, 0.717) is 13.0 Å². The first kappa shape index (κ1) is 11.7. The van der Waals surface area contributed by atoms with E-state index in [1.165, 1.54) is 0 Å². The zero-order valence-electron chi connectivity index (χ0n) is 8.60. The fraction of sp³-hybridized carbons (Fsp3) is 0.600. The predicted octanol–water partition coefficient (Wildman–Crippen LogP) is -0.255. The van der Waals surface area contributed by atoms with Gasteiger partial charge in [-0.15, -0.1) is 0 Å². The molecule has 1 heterocycles. The van der Waals surface area contributed by atoms with E-state index in [4.69, 9.17) is 0 Å². The highest BCUT2D eigenvalue weighted by Crippen LogP contribution is 2.06. The SMILES string of the molecule is C/C=C/CC(O)C(=O)N[C@H]1CCOC1=O. The second-order valence-electron chi connectivity index (χ2n) is 3.34. The van der Waals surface area contributed by atoms with Crippen LogP contribution in [0.4, 0.5) is 0 Å². The number of aliphatic hydroxyl groups is 1. The molecule has 1 unspecified atom stereocenters. The van der Waals surface area contributed by atoms with Crippen LogP contribution in [-0.4, -0.2) is 35.7 Å². The van der Waals surface area contributed by atoms with Crippen molar-refractivity contribution in [2.45, 2.75) is 31.9 Å². The molecule has 84 valence electrons. The highest BCUT2D eigenvalue weighted by atomic mass is 16.5. The molecule has 1 aliphatic heterocycles. The molecule has 1 saturated heterocycles. The number of cyclic esters (lactones) is 1. The molecule has 0 saturated carbocycles. The number of ether oxygens (including phenoxy) is 1. The Bertz CT molecular complexity index is 275. The minimum atomic E-state index is -1.10. The molecule has 0 aromatic rings. The molecular formula is C10H15NO4. The zero-order chi connectivity index (χ0) is 11.3. The summed E-state index contributed by atoms with van der Waals surface area (Å²) >= 11 is 0. The monoisotopic (exact) mass is 213 g/mol. The zero-order valence-corrected chi connectivity index (χ0v) is 8.60. The number of rotatable bonds is 4. The van der Waals surface area contributed by atoms with Gasteiger partial charge in [0, 0.05) is 12.8 Å². The van der Waals surface area contributed by atoms with Gasteiger partial charge in [-0.1, -0.05) is 12.2 Å². The third kappa shape index (κ3) is 3.36. The molecule has 1 amide bonds. The van der Waals surface area contributed by atoms with Gasteiger partial charge < -0.3 is 15.2 Å². The van der Waals surface area contributed by atoms with Gasteiger partial charge in [0.15, 0.2) is 0 Å². The minimum absolute atomic E-state index is 0.254. The van der Waals surface area contributed by atoms with E-state index in [0.717, 1.165) is 0 Å². The van der Waals surface area contributed by atoms with Crippen molar-refractivity contribution in [2.75, 3.05) is 6.61 Å². The third-order valence-electron chi connectivity index (χ3n) is 2.15. The normalized spacial score (nSPS) is 22.8. The number of carbonyl (C=O) groups is 2. The number of hydrogen-bond donors (Lipinski definition) is 2. The minimum Gasteiger partial charge on any atom is -0.464 e. The lowest BCUT2D eigenvalue weighted by molar-refractivity contribution is -0.142. The van der Waals surface area contributed by atoms with Crippen molar-refractivity contribution in [1.29, 1.82) is 0 Å². The van der Waals surface area contributed by atoms with Crippen LogP contribution < -0.4 is 5.32 Å². The topological polar surface area (TPSA) is 75.6 Å². The first-order chi connectivity index (χ1) is 7.15. The molecule has 1 rings (SSSR count). The van der Waals surface area contributed by atoms with E-state index in [1.54, 1.807) is 19.1 Å². The smallest absolute Gasteiger partial charge is 0.328 e. The second kappa shape index (κ2) is 5.50. The maximum atomic E-state index is 11.3. The average Bonchev–Trinajstić information content (AvgIpc) is 2.61. The molecule has 15 heavy (non-hydrogen) atoms. The van der Waals surface area contributed by atoms with Gasteiger partial charge in [0.2, 0.25) is 5.91 Å². The van der Waals surface area contributed by atoms with Crippen molar-refractivity contribution >= 4 is 11.9 Å². The fourth-order valence-corrected chi connectivity index (χ4v) is 1.27. The van der Waals surface area contributed by atoms with E-state index in [-0.39, 0.29) is 6.42 Å². The molecule has 5 heteroatoms. The Hall–Kier alpha value is -1.36. The molecular weight excluding hydrogens is 198 g/mol. The van der Waals surface area contributed by atoms with E-state index < -0.39 is 24.0 Å². The van der Waals surface area contributed by atoms with Crippen molar-refractivity contribution in [3.05, 3.63) is 12.2 Å². The van der Waals surface area contributed by atoms with Crippen LogP contribution in [-0.2, 0) is 14.3 Å². The number of allylic oxidation sites excluding steroid dienone is 1. The van der Waals surface area contributed by atoms with Gasteiger partial charge in [0.05, 0.1) is 6.61 Å². The van der Waals surface area contributed by atoms with E-state index in [1.807, 2.05) is 0 Å². The van der Waals surface area contributed by atoms with Crippen LogP contribution in [0.25, 0.3) is 0 Å². The highest BCUT2D eigenvalue weighted by Gasteiger charge is 2.29. The number of amides is 1. The summed E-state index contributed by atoms with van der Waals surface area (Å²) < 4.78 is 4.68. The number of esters is 1. The van der Waals surface area contributed by atoms with Crippen LogP contribution >= 0.6 is 0 Å². The van der Waals surface area contributed by atoms with Gasteiger partial charge in [0.25, 0.3) is 0 Å². The highest BCUT2D eigenvalue weighted by molar-refractivity contribution is 5.87. The fourth-order valence-electron chi connectivity index (χ4n) is 1.27. The Balaban J connectivity index is 2.37. The van der Waals surface area contributed by atoms with Gasteiger partial charge in [-0.25, -0.2) is 4.79 Å². The summed E-state index contributed by atoms with van der Waals surface area (Å²) in [5.74, 6) is -0.960. The second-order valence-corrected chi connectivity index (χ2v) is 3.34. The molecule has 0 aromatic carbocycles. The molecule has 0 aliphatic carbocycles. The van der Waals surface area contributed by atoms with Gasteiger partial charge in [0.1, 0.15) is 12.1 Å². The largest absolute Gasteiger partial charge is 0.464 e. The van der Waals surface area contributed by atoms with Crippen LogP contribution in [0.2, 0.25) is 0 Å². The first-order valence-corrected chi connectivity index (χ1v) is 4.91. The van der Waals surface area contributed by atoms with E-state index in [2.05, 4.69) is 10.1 Å². The first-order valence-electron chi connectivity index (χ1n) is 4.91. The summed E-state index contributed by atoms with van der Waals surface area (Å²) in [6, 6.07) is -0.599. The maximum absolute atomic E-state index is 11.3. The Morgan fingerprint density at radius 2 is 2.53 bits per heavy atom. The van der Waals surface area contributed by atoms with Crippen molar-refractivity contribution in [3.8, 4) is 0 Å². The van der Waals surface area contributed by atoms with Crippen molar-refractivity contribution < 1.29 is 19.4 Å². The van der Waals surface area contributed by atoms with Gasteiger partial charge in [-0.05, 0) is 6.92 Å². The van der Waals surface area contributed by atoms with Crippen LogP contribution in [0.3, 0.4) is 0 Å². The Morgan fingerprint density at radius 1 is 1.80 bits per heavy atom. The van der Waals surface area contributed by atoms with Crippen LogP contribution in [0.1, 0.15) is 19.8 Å². The lowest BCUT2D eigenvalue weighted by Crippen LogP contribution is -2.43. The van der Waals surface area contributed by atoms with Crippen molar-refractivity contribution in [3.63, 3.8) is 0 Å². The molecule has 0 aromatic heterocycles.